The van der Waals surface area contributed by atoms with E-state index in [1.165, 1.54) is 11.1 Å². The molecule has 21 heavy (non-hydrogen) atoms. The first-order chi connectivity index (χ1) is 10.1. The van der Waals surface area contributed by atoms with Crippen LogP contribution in [0.25, 0.3) is 0 Å². The van der Waals surface area contributed by atoms with Crippen LogP contribution in [0, 0.1) is 6.92 Å². The van der Waals surface area contributed by atoms with Gasteiger partial charge in [-0.3, -0.25) is 4.68 Å². The number of hydrogen-bond acceptors (Lipinski definition) is 3. The van der Waals surface area contributed by atoms with E-state index < -0.39 is 0 Å². The Morgan fingerprint density at radius 3 is 2.76 bits per heavy atom. The van der Waals surface area contributed by atoms with E-state index in [9.17, 15) is 0 Å². The minimum Gasteiger partial charge on any atom is -0.454 e. The average molecular weight is 287 g/mol. The third kappa shape index (κ3) is 4.60. The number of ether oxygens (including phenoxy) is 1. The lowest BCUT2D eigenvalue weighted by molar-refractivity contribution is 0.479. The second-order valence-corrected chi connectivity index (χ2v) is 5.67. The van der Waals surface area contributed by atoms with Gasteiger partial charge in [0.1, 0.15) is 5.75 Å². The summed E-state index contributed by atoms with van der Waals surface area (Å²) >= 11 is 0. The molecule has 0 amide bonds. The SMILES string of the molecule is CCCn1cc(Oc2ccc(CNC(C)C)c(C)c2)cn1. The second-order valence-electron chi connectivity index (χ2n) is 5.67. The second kappa shape index (κ2) is 7.27. The van der Waals surface area contributed by atoms with Crippen LogP contribution in [0.1, 0.15) is 38.3 Å². The maximum Gasteiger partial charge on any atom is 0.165 e. The van der Waals surface area contributed by atoms with Crippen molar-refractivity contribution in [2.24, 2.45) is 0 Å². The molecular weight excluding hydrogens is 262 g/mol. The number of rotatable bonds is 7. The zero-order valence-corrected chi connectivity index (χ0v) is 13.4. The van der Waals surface area contributed by atoms with Crippen LogP contribution in [0.4, 0.5) is 0 Å². The van der Waals surface area contributed by atoms with Crippen molar-refractivity contribution in [2.75, 3.05) is 0 Å². The predicted octanol–water partition coefficient (Wildman–Crippen LogP) is 3.89. The number of nitrogens with zero attached hydrogens (tertiary/aromatic N) is 2. The lowest BCUT2D eigenvalue weighted by Gasteiger charge is -2.12. The van der Waals surface area contributed by atoms with Crippen LogP contribution in [-0.4, -0.2) is 15.8 Å². The fourth-order valence-electron chi connectivity index (χ4n) is 2.13. The lowest BCUT2D eigenvalue weighted by atomic mass is 10.1. The molecule has 114 valence electrons. The first-order valence-electron chi connectivity index (χ1n) is 7.61. The van der Waals surface area contributed by atoms with Crippen LogP contribution in [0.2, 0.25) is 0 Å². The Balaban J connectivity index is 2.01. The number of benzene rings is 1. The molecule has 4 heteroatoms. The summed E-state index contributed by atoms with van der Waals surface area (Å²) in [6.45, 7) is 10.4. The van der Waals surface area contributed by atoms with E-state index in [0.29, 0.717) is 6.04 Å². The van der Waals surface area contributed by atoms with Gasteiger partial charge in [-0.25, -0.2) is 0 Å². The molecule has 0 spiro atoms. The monoisotopic (exact) mass is 287 g/mol. The van der Waals surface area contributed by atoms with E-state index in [1.54, 1.807) is 6.20 Å². The molecular formula is C17H25N3O. The molecule has 0 atom stereocenters. The van der Waals surface area contributed by atoms with Gasteiger partial charge < -0.3 is 10.1 Å². The molecule has 1 N–H and O–H groups in total. The summed E-state index contributed by atoms with van der Waals surface area (Å²) in [5.74, 6) is 1.65. The molecule has 0 aliphatic carbocycles. The van der Waals surface area contributed by atoms with Crippen molar-refractivity contribution in [1.29, 1.82) is 0 Å². The van der Waals surface area contributed by atoms with Gasteiger partial charge in [-0.2, -0.15) is 5.10 Å². The molecule has 0 aliphatic heterocycles. The molecule has 0 fully saturated rings. The van der Waals surface area contributed by atoms with Crippen molar-refractivity contribution in [3.63, 3.8) is 0 Å². The molecule has 0 saturated carbocycles. The van der Waals surface area contributed by atoms with Crippen molar-refractivity contribution < 1.29 is 4.74 Å². The fourth-order valence-corrected chi connectivity index (χ4v) is 2.13. The third-order valence-electron chi connectivity index (χ3n) is 3.31. The summed E-state index contributed by atoms with van der Waals surface area (Å²) in [6, 6.07) is 6.71. The quantitative estimate of drug-likeness (QED) is 0.839. The molecule has 2 aromatic rings. The Kier molecular flexibility index (Phi) is 5.39. The number of aromatic nitrogens is 2. The van der Waals surface area contributed by atoms with E-state index in [-0.39, 0.29) is 0 Å². The first kappa shape index (κ1) is 15.6. The number of hydrogen-bond donors (Lipinski definition) is 1. The molecule has 1 aromatic heterocycles. The van der Waals surface area contributed by atoms with Crippen LogP contribution in [0.5, 0.6) is 11.5 Å². The maximum atomic E-state index is 5.86. The van der Waals surface area contributed by atoms with Gasteiger partial charge >= 0.3 is 0 Å². The molecule has 1 aromatic carbocycles. The molecule has 0 aliphatic rings. The molecule has 0 radical (unpaired) electrons. The predicted molar refractivity (Wildman–Crippen MR) is 85.7 cm³/mol. The first-order valence-corrected chi connectivity index (χ1v) is 7.61. The molecule has 0 unspecified atom stereocenters. The topological polar surface area (TPSA) is 39.1 Å². The van der Waals surface area contributed by atoms with Crippen LogP contribution in [0.3, 0.4) is 0 Å². The lowest BCUT2D eigenvalue weighted by Crippen LogP contribution is -2.22. The van der Waals surface area contributed by atoms with Crippen molar-refractivity contribution in [3.8, 4) is 11.5 Å². The zero-order valence-electron chi connectivity index (χ0n) is 13.4. The molecule has 1 heterocycles. The van der Waals surface area contributed by atoms with E-state index in [2.05, 4.69) is 50.2 Å². The summed E-state index contributed by atoms with van der Waals surface area (Å²) in [6.07, 6.45) is 4.77. The largest absolute Gasteiger partial charge is 0.454 e. The highest BCUT2D eigenvalue weighted by atomic mass is 16.5. The van der Waals surface area contributed by atoms with E-state index in [1.807, 2.05) is 16.9 Å². The van der Waals surface area contributed by atoms with Crippen molar-refractivity contribution in [1.82, 2.24) is 15.1 Å². The number of nitrogens with one attached hydrogen (secondary N) is 1. The zero-order chi connectivity index (χ0) is 15.2. The van der Waals surface area contributed by atoms with Crippen molar-refractivity contribution in [3.05, 3.63) is 41.7 Å². The smallest absolute Gasteiger partial charge is 0.165 e. The van der Waals surface area contributed by atoms with E-state index in [4.69, 9.17) is 4.74 Å². The normalized spacial score (nSPS) is 11.1. The Labute approximate surface area is 127 Å². The van der Waals surface area contributed by atoms with Gasteiger partial charge in [-0.05, 0) is 36.6 Å². The van der Waals surface area contributed by atoms with Gasteiger partial charge in [0.05, 0.1) is 12.4 Å². The highest BCUT2D eigenvalue weighted by molar-refractivity contribution is 5.37. The summed E-state index contributed by atoms with van der Waals surface area (Å²) < 4.78 is 7.77. The average Bonchev–Trinajstić information content (AvgIpc) is 2.85. The molecule has 0 saturated heterocycles. The number of aryl methyl sites for hydroxylation is 2. The van der Waals surface area contributed by atoms with Crippen molar-refractivity contribution in [2.45, 2.75) is 53.2 Å². The standard InChI is InChI=1S/C17H25N3O/c1-5-8-20-12-17(11-19-20)21-16-7-6-15(14(4)9-16)10-18-13(2)3/h6-7,9,11-13,18H,5,8,10H2,1-4H3. The van der Waals surface area contributed by atoms with Gasteiger partial charge in [0, 0.05) is 19.1 Å². The highest BCUT2D eigenvalue weighted by Crippen LogP contribution is 2.23. The van der Waals surface area contributed by atoms with Gasteiger partial charge in [-0.15, -0.1) is 0 Å². The van der Waals surface area contributed by atoms with Gasteiger partial charge in [0.15, 0.2) is 5.75 Å². The minimum absolute atomic E-state index is 0.490. The van der Waals surface area contributed by atoms with Crippen LogP contribution in [-0.2, 0) is 13.1 Å². The Morgan fingerprint density at radius 2 is 2.10 bits per heavy atom. The third-order valence-corrected chi connectivity index (χ3v) is 3.31. The Hall–Kier alpha value is -1.81. The minimum atomic E-state index is 0.490. The van der Waals surface area contributed by atoms with Crippen molar-refractivity contribution >= 4 is 0 Å². The van der Waals surface area contributed by atoms with Gasteiger partial charge in [-0.1, -0.05) is 26.8 Å². The molecule has 4 nitrogen and oxygen atoms in total. The summed E-state index contributed by atoms with van der Waals surface area (Å²) in [7, 11) is 0. The highest BCUT2D eigenvalue weighted by Gasteiger charge is 2.05. The summed E-state index contributed by atoms with van der Waals surface area (Å²) in [4.78, 5) is 0. The summed E-state index contributed by atoms with van der Waals surface area (Å²) in [5.41, 5.74) is 2.54. The van der Waals surface area contributed by atoms with Crippen LogP contribution >= 0.6 is 0 Å². The maximum absolute atomic E-state index is 5.86. The van der Waals surface area contributed by atoms with Gasteiger partial charge in [0.25, 0.3) is 0 Å². The van der Waals surface area contributed by atoms with Crippen LogP contribution < -0.4 is 10.1 Å². The Morgan fingerprint density at radius 1 is 1.29 bits per heavy atom. The van der Waals surface area contributed by atoms with Crippen LogP contribution in [0.15, 0.2) is 30.6 Å². The fraction of sp³-hybridized carbons (Fsp3) is 0.471. The molecule has 2 rings (SSSR count). The molecule has 0 bridgehead atoms. The van der Waals surface area contributed by atoms with E-state index >= 15 is 0 Å². The van der Waals surface area contributed by atoms with Gasteiger partial charge in [0.2, 0.25) is 0 Å². The Bertz CT molecular complexity index is 575. The van der Waals surface area contributed by atoms with E-state index in [0.717, 1.165) is 31.0 Å². The summed E-state index contributed by atoms with van der Waals surface area (Å²) in [5, 5.41) is 7.71.